The summed E-state index contributed by atoms with van der Waals surface area (Å²) >= 11 is 2.86. The minimum absolute atomic E-state index is 0.0125. The van der Waals surface area contributed by atoms with Crippen LogP contribution in [0.3, 0.4) is 0 Å². The highest BCUT2D eigenvalue weighted by Gasteiger charge is 2.26. The second-order valence-electron chi connectivity index (χ2n) is 7.53. The largest absolute Gasteiger partial charge is 0.462 e. The third kappa shape index (κ3) is 5.50. The molecule has 1 aliphatic heterocycles. The molecular weight excluding hydrogens is 458 g/mol. The maximum Gasteiger partial charge on any atom is 0.341 e. The van der Waals surface area contributed by atoms with Crippen molar-refractivity contribution >= 4 is 45.5 Å². The molecule has 0 spiro atoms. The van der Waals surface area contributed by atoms with E-state index in [1.165, 1.54) is 22.7 Å². The minimum Gasteiger partial charge on any atom is -0.462 e. The fraction of sp³-hybridized carbons (Fsp3) is 0.292. The van der Waals surface area contributed by atoms with Crippen molar-refractivity contribution in [2.24, 2.45) is 0 Å². The summed E-state index contributed by atoms with van der Waals surface area (Å²) in [4.78, 5) is 42.8. The Hall–Kier alpha value is -3.01. The van der Waals surface area contributed by atoms with Crippen LogP contribution in [0.2, 0.25) is 0 Å². The molecule has 0 atom stereocenters. The lowest BCUT2D eigenvalue weighted by Gasteiger charge is -2.34. The number of nitrogens with zero attached hydrogens (tertiary/aromatic N) is 2. The number of carbonyl (C=O) groups excluding carboxylic acids is 3. The van der Waals surface area contributed by atoms with E-state index in [0.29, 0.717) is 42.3 Å². The van der Waals surface area contributed by atoms with Crippen molar-refractivity contribution in [1.82, 2.24) is 9.80 Å². The molecule has 172 valence electrons. The number of nitrogens with one attached hydrogen (secondary N) is 1. The lowest BCUT2D eigenvalue weighted by molar-refractivity contribution is -0.117. The summed E-state index contributed by atoms with van der Waals surface area (Å²) in [6.45, 7) is 4.58. The first-order chi connectivity index (χ1) is 16.1. The van der Waals surface area contributed by atoms with Crippen molar-refractivity contribution in [3.63, 3.8) is 0 Å². The normalized spacial score (nSPS) is 14.2. The SMILES string of the molecule is CCOC(=O)c1c(-c2cccs2)csc1NC(=O)CN1CCN(C(=O)c2ccccc2)CC1. The molecule has 0 aliphatic carbocycles. The van der Waals surface area contributed by atoms with E-state index in [4.69, 9.17) is 4.74 Å². The molecule has 9 heteroatoms. The predicted octanol–water partition coefficient (Wildman–Crippen LogP) is 4.05. The number of thiophene rings is 2. The highest BCUT2D eigenvalue weighted by atomic mass is 32.1. The predicted molar refractivity (Wildman–Crippen MR) is 131 cm³/mol. The molecule has 2 amide bonds. The number of hydrogen-bond acceptors (Lipinski definition) is 7. The number of benzene rings is 1. The summed E-state index contributed by atoms with van der Waals surface area (Å²) in [5, 5.41) is 7.22. The minimum atomic E-state index is -0.439. The van der Waals surface area contributed by atoms with Gasteiger partial charge in [-0.2, -0.15) is 0 Å². The van der Waals surface area contributed by atoms with E-state index in [-0.39, 0.29) is 25.0 Å². The fourth-order valence-electron chi connectivity index (χ4n) is 3.71. The van der Waals surface area contributed by atoms with Crippen LogP contribution in [0.1, 0.15) is 27.6 Å². The first-order valence-corrected chi connectivity index (χ1v) is 12.5. The van der Waals surface area contributed by atoms with E-state index < -0.39 is 5.97 Å². The first kappa shape index (κ1) is 23.2. The van der Waals surface area contributed by atoms with Crippen molar-refractivity contribution in [3.05, 3.63) is 64.4 Å². The highest BCUT2D eigenvalue weighted by Crippen LogP contribution is 2.38. The monoisotopic (exact) mass is 483 g/mol. The smallest absolute Gasteiger partial charge is 0.341 e. The second kappa shape index (κ2) is 10.7. The molecule has 0 unspecified atom stereocenters. The zero-order valence-corrected chi connectivity index (χ0v) is 19.9. The summed E-state index contributed by atoms with van der Waals surface area (Å²) in [5.41, 5.74) is 1.85. The van der Waals surface area contributed by atoms with Crippen LogP contribution in [0.4, 0.5) is 5.00 Å². The van der Waals surface area contributed by atoms with E-state index in [2.05, 4.69) is 5.32 Å². The van der Waals surface area contributed by atoms with Gasteiger partial charge in [0.05, 0.1) is 13.2 Å². The Morgan fingerprint density at radius 2 is 1.76 bits per heavy atom. The van der Waals surface area contributed by atoms with E-state index >= 15 is 0 Å². The Morgan fingerprint density at radius 3 is 2.42 bits per heavy atom. The van der Waals surface area contributed by atoms with Crippen LogP contribution in [0.5, 0.6) is 0 Å². The molecule has 1 fully saturated rings. The molecule has 33 heavy (non-hydrogen) atoms. The zero-order chi connectivity index (χ0) is 23.2. The van der Waals surface area contributed by atoms with Gasteiger partial charge in [-0.1, -0.05) is 24.3 Å². The van der Waals surface area contributed by atoms with E-state index in [9.17, 15) is 14.4 Å². The standard InChI is InChI=1S/C24H25N3O4S2/c1-2-31-24(30)21-18(19-9-6-14-32-19)16-33-22(21)25-20(28)15-26-10-12-27(13-11-26)23(29)17-7-4-3-5-8-17/h3-9,14,16H,2,10-13,15H2,1H3,(H,25,28). The number of hydrogen-bond donors (Lipinski definition) is 1. The third-order valence-electron chi connectivity index (χ3n) is 5.36. The quantitative estimate of drug-likeness (QED) is 0.513. The van der Waals surface area contributed by atoms with Gasteiger partial charge in [0, 0.05) is 47.6 Å². The van der Waals surface area contributed by atoms with Crippen molar-refractivity contribution in [3.8, 4) is 10.4 Å². The van der Waals surface area contributed by atoms with Crippen LogP contribution in [0.15, 0.2) is 53.2 Å². The average Bonchev–Trinajstić information content (AvgIpc) is 3.50. The fourth-order valence-corrected chi connectivity index (χ4v) is 5.50. The Balaban J connectivity index is 1.37. The maximum absolute atomic E-state index is 12.8. The molecule has 0 radical (unpaired) electrons. The van der Waals surface area contributed by atoms with Crippen LogP contribution in [-0.2, 0) is 9.53 Å². The van der Waals surface area contributed by atoms with Gasteiger partial charge in [0.2, 0.25) is 5.91 Å². The molecule has 7 nitrogen and oxygen atoms in total. The summed E-state index contributed by atoms with van der Waals surface area (Å²) in [7, 11) is 0. The van der Waals surface area contributed by atoms with Gasteiger partial charge in [0.1, 0.15) is 10.6 Å². The van der Waals surface area contributed by atoms with Gasteiger partial charge in [0.25, 0.3) is 5.91 Å². The van der Waals surface area contributed by atoms with Gasteiger partial charge >= 0.3 is 5.97 Å². The van der Waals surface area contributed by atoms with E-state index in [1.54, 1.807) is 6.92 Å². The zero-order valence-electron chi connectivity index (χ0n) is 18.3. The van der Waals surface area contributed by atoms with Gasteiger partial charge in [-0.3, -0.25) is 14.5 Å². The first-order valence-electron chi connectivity index (χ1n) is 10.8. The average molecular weight is 484 g/mol. The van der Waals surface area contributed by atoms with Crippen LogP contribution >= 0.6 is 22.7 Å². The molecule has 1 N–H and O–H groups in total. The molecule has 3 aromatic rings. The Morgan fingerprint density at radius 1 is 1.00 bits per heavy atom. The molecule has 0 bridgehead atoms. The van der Waals surface area contributed by atoms with Crippen molar-refractivity contribution in [2.75, 3.05) is 44.6 Å². The van der Waals surface area contributed by atoms with Gasteiger partial charge in [-0.25, -0.2) is 4.79 Å². The maximum atomic E-state index is 12.8. The van der Waals surface area contributed by atoms with Gasteiger partial charge < -0.3 is 15.0 Å². The Labute approximate surface area is 200 Å². The number of amides is 2. The van der Waals surface area contributed by atoms with Gasteiger partial charge in [-0.05, 0) is 30.5 Å². The van der Waals surface area contributed by atoms with Crippen LogP contribution in [0, 0.1) is 0 Å². The molecule has 1 saturated heterocycles. The Kier molecular flexibility index (Phi) is 7.54. The van der Waals surface area contributed by atoms with E-state index in [0.717, 1.165) is 10.4 Å². The van der Waals surface area contributed by atoms with Gasteiger partial charge in [0.15, 0.2) is 0 Å². The molecule has 4 rings (SSSR count). The molecule has 2 aromatic heterocycles. The van der Waals surface area contributed by atoms with Crippen LogP contribution in [0.25, 0.3) is 10.4 Å². The highest BCUT2D eigenvalue weighted by molar-refractivity contribution is 7.17. The summed E-state index contributed by atoms with van der Waals surface area (Å²) < 4.78 is 5.24. The molecule has 3 heterocycles. The number of carbonyl (C=O) groups is 3. The summed E-state index contributed by atoms with van der Waals surface area (Å²) in [6.07, 6.45) is 0. The topological polar surface area (TPSA) is 79.0 Å². The summed E-state index contributed by atoms with van der Waals surface area (Å²) in [6, 6.07) is 13.1. The summed E-state index contributed by atoms with van der Waals surface area (Å²) in [5.74, 6) is -0.619. The number of piperazine rings is 1. The number of rotatable bonds is 7. The van der Waals surface area contributed by atoms with Gasteiger partial charge in [-0.15, -0.1) is 22.7 Å². The van der Waals surface area contributed by atoms with Crippen LogP contribution < -0.4 is 5.32 Å². The number of anilines is 1. The Bertz CT molecular complexity index is 1100. The van der Waals surface area contributed by atoms with Crippen molar-refractivity contribution in [1.29, 1.82) is 0 Å². The molecule has 0 saturated carbocycles. The number of ether oxygens (including phenoxy) is 1. The van der Waals surface area contributed by atoms with Crippen LogP contribution in [-0.4, -0.2) is 66.9 Å². The lowest BCUT2D eigenvalue weighted by atomic mass is 10.1. The molecule has 1 aromatic carbocycles. The second-order valence-corrected chi connectivity index (χ2v) is 9.36. The lowest BCUT2D eigenvalue weighted by Crippen LogP contribution is -2.50. The molecular formula is C24H25N3O4S2. The number of esters is 1. The van der Waals surface area contributed by atoms with E-state index in [1.807, 2.05) is 63.0 Å². The molecule has 1 aliphatic rings. The van der Waals surface area contributed by atoms with Crippen molar-refractivity contribution in [2.45, 2.75) is 6.92 Å². The van der Waals surface area contributed by atoms with Crippen molar-refractivity contribution < 1.29 is 19.1 Å². The third-order valence-corrected chi connectivity index (χ3v) is 7.16.